The number of rotatable bonds is 2. The molecule has 2 aliphatic rings. The van der Waals surface area contributed by atoms with Crippen LogP contribution in [0.4, 0.5) is 0 Å². The quantitative estimate of drug-likeness (QED) is 0.902. The van der Waals surface area contributed by atoms with E-state index >= 15 is 0 Å². The summed E-state index contributed by atoms with van der Waals surface area (Å²) in [7, 11) is 1.82. The Morgan fingerprint density at radius 2 is 2.16 bits per heavy atom. The highest BCUT2D eigenvalue weighted by Gasteiger charge is 2.51. The number of fused-ring (bicyclic) bond motifs is 2. The average molecular weight is 327 g/mol. The first-order chi connectivity index (χ1) is 8.99. The molecule has 2 aliphatic heterocycles. The van der Waals surface area contributed by atoms with Gasteiger partial charge in [0.25, 0.3) is 5.91 Å². The zero-order valence-electron chi connectivity index (χ0n) is 10.5. The van der Waals surface area contributed by atoms with Crippen LogP contribution in [0.3, 0.4) is 0 Å². The van der Waals surface area contributed by atoms with E-state index in [1.54, 1.807) is 15.5 Å². The second-order valence-electron chi connectivity index (χ2n) is 5.35. The van der Waals surface area contributed by atoms with Crippen LogP contribution in [0.15, 0.2) is 16.7 Å². The van der Waals surface area contributed by atoms with Crippen LogP contribution in [0.5, 0.6) is 0 Å². The van der Waals surface area contributed by atoms with Crippen LogP contribution in [0, 0.1) is 5.92 Å². The molecule has 0 spiro atoms. The van der Waals surface area contributed by atoms with Crippen LogP contribution in [0.25, 0.3) is 0 Å². The van der Waals surface area contributed by atoms with Crippen molar-refractivity contribution in [3.05, 3.63) is 22.4 Å². The molecule has 0 saturated carbocycles. The molecule has 0 aromatic carbocycles. The molecule has 3 atom stereocenters. The smallest absolute Gasteiger partial charge is 0.308 e. The maximum Gasteiger partial charge on any atom is 0.308 e. The number of carboxylic acids is 1. The number of hydrogen-bond acceptors (Lipinski definition) is 2. The highest BCUT2D eigenvalue weighted by atomic mass is 79.9. The first-order valence-electron chi connectivity index (χ1n) is 6.36. The van der Waals surface area contributed by atoms with Crippen molar-refractivity contribution in [1.29, 1.82) is 0 Å². The molecule has 2 fully saturated rings. The van der Waals surface area contributed by atoms with Gasteiger partial charge in [-0.25, -0.2) is 0 Å². The predicted molar refractivity (Wildman–Crippen MR) is 71.8 cm³/mol. The molecule has 3 rings (SSSR count). The van der Waals surface area contributed by atoms with Crippen molar-refractivity contribution in [2.75, 3.05) is 0 Å². The van der Waals surface area contributed by atoms with E-state index in [1.807, 2.05) is 13.2 Å². The molecule has 2 saturated heterocycles. The van der Waals surface area contributed by atoms with Crippen molar-refractivity contribution in [3.63, 3.8) is 0 Å². The van der Waals surface area contributed by atoms with Gasteiger partial charge in [-0.05, 0) is 41.3 Å². The number of aromatic nitrogens is 1. The van der Waals surface area contributed by atoms with E-state index in [0.29, 0.717) is 12.1 Å². The highest BCUT2D eigenvalue weighted by molar-refractivity contribution is 9.10. The molecular weight excluding hydrogens is 312 g/mol. The molecule has 1 N–H and O–H groups in total. The molecule has 1 amide bonds. The third-order valence-corrected chi connectivity index (χ3v) is 4.71. The minimum Gasteiger partial charge on any atom is -0.481 e. The molecular formula is C13H15BrN2O3. The highest BCUT2D eigenvalue weighted by Crippen LogP contribution is 2.42. The van der Waals surface area contributed by atoms with Crippen LogP contribution >= 0.6 is 15.9 Å². The first-order valence-corrected chi connectivity index (χ1v) is 7.15. The molecule has 2 bridgehead atoms. The Kier molecular flexibility index (Phi) is 2.92. The summed E-state index contributed by atoms with van der Waals surface area (Å²) in [5, 5.41) is 9.21. The van der Waals surface area contributed by atoms with E-state index in [9.17, 15) is 14.7 Å². The molecule has 6 heteroatoms. The number of aryl methyl sites for hydroxylation is 1. The maximum absolute atomic E-state index is 12.6. The van der Waals surface area contributed by atoms with Gasteiger partial charge in [0.05, 0.1) is 5.92 Å². The Bertz CT molecular complexity index is 554. The van der Waals surface area contributed by atoms with Gasteiger partial charge in [-0.15, -0.1) is 0 Å². The van der Waals surface area contributed by atoms with Gasteiger partial charge in [0.1, 0.15) is 5.69 Å². The van der Waals surface area contributed by atoms with Gasteiger partial charge < -0.3 is 14.6 Å². The summed E-state index contributed by atoms with van der Waals surface area (Å²) in [5.41, 5.74) is 0.606. The van der Waals surface area contributed by atoms with Crippen LogP contribution in [0.2, 0.25) is 0 Å². The lowest BCUT2D eigenvalue weighted by Crippen LogP contribution is -2.38. The molecule has 1 aromatic heterocycles. The fourth-order valence-electron chi connectivity index (χ4n) is 3.44. The lowest BCUT2D eigenvalue weighted by molar-refractivity contribution is -0.142. The Morgan fingerprint density at radius 1 is 1.42 bits per heavy atom. The molecule has 19 heavy (non-hydrogen) atoms. The minimum atomic E-state index is -0.780. The molecule has 5 nitrogen and oxygen atoms in total. The summed E-state index contributed by atoms with van der Waals surface area (Å²) in [6.45, 7) is 0. The van der Waals surface area contributed by atoms with E-state index in [2.05, 4.69) is 15.9 Å². The molecule has 0 aliphatic carbocycles. The lowest BCUT2D eigenvalue weighted by atomic mass is 9.89. The summed E-state index contributed by atoms with van der Waals surface area (Å²) < 4.78 is 2.64. The zero-order valence-corrected chi connectivity index (χ0v) is 12.1. The fourth-order valence-corrected chi connectivity index (χ4v) is 3.96. The van der Waals surface area contributed by atoms with Crippen LogP contribution in [0.1, 0.15) is 29.8 Å². The van der Waals surface area contributed by atoms with E-state index in [-0.39, 0.29) is 18.0 Å². The fraction of sp³-hybridized carbons (Fsp3) is 0.538. The third kappa shape index (κ3) is 1.89. The van der Waals surface area contributed by atoms with Gasteiger partial charge in [0.2, 0.25) is 0 Å². The van der Waals surface area contributed by atoms with Crippen molar-refractivity contribution in [1.82, 2.24) is 9.47 Å². The third-order valence-electron chi connectivity index (χ3n) is 4.28. The van der Waals surface area contributed by atoms with E-state index < -0.39 is 11.9 Å². The lowest BCUT2D eigenvalue weighted by Gasteiger charge is -2.23. The largest absolute Gasteiger partial charge is 0.481 e. The van der Waals surface area contributed by atoms with Gasteiger partial charge in [-0.2, -0.15) is 0 Å². The molecule has 3 unspecified atom stereocenters. The SMILES string of the molecule is Cn1cc(Br)cc1C(=O)N1C2CCC1C(C(=O)O)C2. The summed E-state index contributed by atoms with van der Waals surface area (Å²) in [5.74, 6) is -1.23. The van der Waals surface area contributed by atoms with E-state index in [0.717, 1.165) is 17.3 Å². The van der Waals surface area contributed by atoms with Gasteiger partial charge >= 0.3 is 5.97 Å². The predicted octanol–water partition coefficient (Wildman–Crippen LogP) is 1.87. The van der Waals surface area contributed by atoms with E-state index in [1.165, 1.54) is 0 Å². The van der Waals surface area contributed by atoms with Gasteiger partial charge in [-0.1, -0.05) is 0 Å². The van der Waals surface area contributed by atoms with E-state index in [4.69, 9.17) is 0 Å². The number of halogens is 1. The van der Waals surface area contributed by atoms with Crippen LogP contribution in [-0.4, -0.2) is 38.5 Å². The van der Waals surface area contributed by atoms with Crippen molar-refractivity contribution < 1.29 is 14.7 Å². The Hall–Kier alpha value is -1.30. The van der Waals surface area contributed by atoms with Gasteiger partial charge in [0, 0.05) is 29.8 Å². The standard InChI is InChI=1S/C13H15BrN2O3/c1-15-6-7(14)4-11(15)12(17)16-8-2-3-10(16)9(5-8)13(18)19/h4,6,8-10H,2-3,5H2,1H3,(H,18,19). The zero-order chi connectivity index (χ0) is 13.7. The number of carbonyl (C=O) groups is 2. The molecule has 1 aromatic rings. The van der Waals surface area contributed by atoms with Crippen molar-refractivity contribution in [2.24, 2.45) is 13.0 Å². The maximum atomic E-state index is 12.6. The number of carboxylic acid groups (broad SMARTS) is 1. The average Bonchev–Trinajstić information content (AvgIpc) is 3.00. The topological polar surface area (TPSA) is 62.5 Å². The number of carbonyl (C=O) groups excluding carboxylic acids is 1. The Balaban J connectivity index is 1.89. The van der Waals surface area contributed by atoms with Crippen molar-refractivity contribution in [2.45, 2.75) is 31.3 Å². The summed E-state index contributed by atoms with van der Waals surface area (Å²) in [6, 6.07) is 1.74. The summed E-state index contributed by atoms with van der Waals surface area (Å²) in [4.78, 5) is 25.6. The number of aliphatic carboxylic acids is 1. The number of hydrogen-bond donors (Lipinski definition) is 1. The molecule has 0 radical (unpaired) electrons. The minimum absolute atomic E-state index is 0.0514. The van der Waals surface area contributed by atoms with Gasteiger partial charge in [0.15, 0.2) is 0 Å². The normalized spacial score (nSPS) is 28.9. The molecule has 102 valence electrons. The summed E-state index contributed by atoms with van der Waals surface area (Å²) >= 11 is 3.36. The van der Waals surface area contributed by atoms with Crippen molar-refractivity contribution in [3.8, 4) is 0 Å². The number of nitrogens with zero attached hydrogens (tertiary/aromatic N) is 2. The van der Waals surface area contributed by atoms with Crippen LogP contribution < -0.4 is 0 Å². The van der Waals surface area contributed by atoms with Crippen LogP contribution in [-0.2, 0) is 11.8 Å². The second-order valence-corrected chi connectivity index (χ2v) is 6.26. The van der Waals surface area contributed by atoms with Gasteiger partial charge in [-0.3, -0.25) is 9.59 Å². The monoisotopic (exact) mass is 326 g/mol. The number of amides is 1. The van der Waals surface area contributed by atoms with Crippen molar-refractivity contribution >= 4 is 27.8 Å². The second kappa shape index (κ2) is 4.37. The first kappa shape index (κ1) is 12.7. The summed E-state index contributed by atoms with van der Waals surface area (Å²) in [6.07, 6.45) is 4.15. The molecule has 3 heterocycles. The Labute approximate surface area is 119 Å². The Morgan fingerprint density at radius 3 is 2.68 bits per heavy atom.